The third-order valence-electron chi connectivity index (χ3n) is 8.59. The Kier molecular flexibility index (Phi) is 5.91. The molecule has 2 bridgehead atoms. The van der Waals surface area contributed by atoms with Gasteiger partial charge in [0.2, 0.25) is 6.79 Å². The van der Waals surface area contributed by atoms with Crippen LogP contribution in [0, 0.1) is 11.8 Å². The molecule has 2 saturated carbocycles. The van der Waals surface area contributed by atoms with Crippen molar-refractivity contribution in [2.24, 2.45) is 11.8 Å². The van der Waals surface area contributed by atoms with Crippen molar-refractivity contribution < 1.29 is 23.8 Å². The van der Waals surface area contributed by atoms with Crippen LogP contribution in [0.15, 0.2) is 48.5 Å². The molecule has 3 aliphatic carbocycles. The summed E-state index contributed by atoms with van der Waals surface area (Å²) >= 11 is 0. The van der Waals surface area contributed by atoms with Crippen molar-refractivity contribution in [3.05, 3.63) is 65.2 Å². The Morgan fingerprint density at radius 2 is 1.83 bits per heavy atom. The fourth-order valence-electron chi connectivity index (χ4n) is 6.70. The van der Waals surface area contributed by atoms with Crippen LogP contribution in [0.4, 0.5) is 4.79 Å². The van der Waals surface area contributed by atoms with Gasteiger partial charge in [0, 0.05) is 18.0 Å². The number of likely N-dealkylation sites (tertiary alicyclic amines) is 1. The van der Waals surface area contributed by atoms with E-state index in [4.69, 9.17) is 14.2 Å². The van der Waals surface area contributed by atoms with Crippen molar-refractivity contribution in [3.63, 3.8) is 0 Å². The third kappa shape index (κ3) is 4.28. The van der Waals surface area contributed by atoms with E-state index in [0.29, 0.717) is 12.5 Å². The van der Waals surface area contributed by atoms with E-state index < -0.39 is 0 Å². The SMILES string of the molecule is O=C(OCOc1ccc2c(c1)[C@]13CCCC[C@@H]1[C@H](C2)N(C(=O)OCc1ccccc1)CC3)C1CC1. The number of amides is 1. The van der Waals surface area contributed by atoms with E-state index in [1.807, 2.05) is 41.3 Å². The Balaban J connectivity index is 1.19. The van der Waals surface area contributed by atoms with Crippen molar-refractivity contribution in [3.8, 4) is 5.75 Å². The molecule has 2 aromatic rings. The molecule has 3 atom stereocenters. The molecular weight excluding hydrogens is 442 g/mol. The predicted molar refractivity (Wildman–Crippen MR) is 130 cm³/mol. The number of carbonyl (C=O) groups is 2. The number of piperidine rings is 1. The second-order valence-corrected chi connectivity index (χ2v) is 10.6. The molecule has 0 aromatic heterocycles. The van der Waals surface area contributed by atoms with Crippen LogP contribution in [-0.4, -0.2) is 36.3 Å². The number of esters is 1. The summed E-state index contributed by atoms with van der Waals surface area (Å²) in [6.45, 7) is 0.994. The highest BCUT2D eigenvalue weighted by molar-refractivity contribution is 5.74. The number of hydrogen-bond donors (Lipinski definition) is 0. The van der Waals surface area contributed by atoms with Gasteiger partial charge in [0.25, 0.3) is 0 Å². The monoisotopic (exact) mass is 475 g/mol. The zero-order valence-corrected chi connectivity index (χ0v) is 20.1. The highest BCUT2D eigenvalue weighted by atomic mass is 16.7. The first-order chi connectivity index (χ1) is 17.1. The lowest BCUT2D eigenvalue weighted by atomic mass is 9.52. The smallest absolute Gasteiger partial charge is 0.410 e. The number of rotatable bonds is 6. The molecule has 1 saturated heterocycles. The summed E-state index contributed by atoms with van der Waals surface area (Å²) in [5.74, 6) is 1.12. The molecule has 1 amide bonds. The molecule has 4 aliphatic rings. The molecule has 3 fully saturated rings. The van der Waals surface area contributed by atoms with Gasteiger partial charge in [-0.15, -0.1) is 0 Å². The van der Waals surface area contributed by atoms with Gasteiger partial charge in [-0.05, 0) is 73.3 Å². The average Bonchev–Trinajstić information content (AvgIpc) is 3.74. The van der Waals surface area contributed by atoms with Gasteiger partial charge in [0.1, 0.15) is 12.4 Å². The van der Waals surface area contributed by atoms with E-state index in [9.17, 15) is 9.59 Å². The van der Waals surface area contributed by atoms with Crippen molar-refractivity contribution in [2.75, 3.05) is 13.3 Å². The van der Waals surface area contributed by atoms with Gasteiger partial charge in [0.05, 0.1) is 5.92 Å². The minimum absolute atomic E-state index is 0.0335. The average molecular weight is 476 g/mol. The molecule has 0 N–H and O–H groups in total. The lowest BCUT2D eigenvalue weighted by Gasteiger charge is -2.58. The molecule has 0 spiro atoms. The summed E-state index contributed by atoms with van der Waals surface area (Å²) in [4.78, 5) is 27.0. The summed E-state index contributed by atoms with van der Waals surface area (Å²) in [6.07, 6.45) is 8.16. The van der Waals surface area contributed by atoms with Crippen molar-refractivity contribution in [1.29, 1.82) is 0 Å². The third-order valence-corrected chi connectivity index (χ3v) is 8.59. The first-order valence-electron chi connectivity index (χ1n) is 13.0. The van der Waals surface area contributed by atoms with E-state index in [-0.39, 0.29) is 36.2 Å². The first kappa shape index (κ1) is 22.4. The highest BCUT2D eigenvalue weighted by Crippen LogP contribution is 2.56. The molecule has 6 heteroatoms. The van der Waals surface area contributed by atoms with Gasteiger partial charge in [0.15, 0.2) is 0 Å². The molecule has 1 aliphatic heterocycles. The zero-order valence-electron chi connectivity index (χ0n) is 20.1. The number of ether oxygens (including phenoxy) is 3. The van der Waals surface area contributed by atoms with Crippen LogP contribution in [0.3, 0.4) is 0 Å². The Hall–Kier alpha value is -3.02. The Morgan fingerprint density at radius 3 is 2.66 bits per heavy atom. The number of benzene rings is 2. The molecule has 0 radical (unpaired) electrons. The summed E-state index contributed by atoms with van der Waals surface area (Å²) < 4.78 is 16.9. The van der Waals surface area contributed by atoms with Gasteiger partial charge in [-0.25, -0.2) is 4.79 Å². The van der Waals surface area contributed by atoms with Crippen LogP contribution in [0.5, 0.6) is 5.75 Å². The maximum Gasteiger partial charge on any atom is 0.410 e. The highest BCUT2D eigenvalue weighted by Gasteiger charge is 2.55. The normalized spacial score (nSPS) is 26.8. The second-order valence-electron chi connectivity index (χ2n) is 10.6. The van der Waals surface area contributed by atoms with Crippen LogP contribution in [0.25, 0.3) is 0 Å². The topological polar surface area (TPSA) is 65.1 Å². The summed E-state index contributed by atoms with van der Waals surface area (Å²) in [5.41, 5.74) is 3.77. The van der Waals surface area contributed by atoms with E-state index >= 15 is 0 Å². The van der Waals surface area contributed by atoms with Gasteiger partial charge < -0.3 is 19.1 Å². The first-order valence-corrected chi connectivity index (χ1v) is 13.0. The second kappa shape index (κ2) is 9.21. The van der Waals surface area contributed by atoms with Gasteiger partial charge >= 0.3 is 12.1 Å². The Bertz CT molecular complexity index is 1100. The molecule has 184 valence electrons. The van der Waals surface area contributed by atoms with Crippen LogP contribution in [-0.2, 0) is 32.7 Å². The van der Waals surface area contributed by atoms with Crippen molar-refractivity contribution >= 4 is 12.1 Å². The molecule has 2 aromatic carbocycles. The molecule has 6 nitrogen and oxygen atoms in total. The van der Waals surface area contributed by atoms with Gasteiger partial charge in [-0.1, -0.05) is 49.2 Å². The van der Waals surface area contributed by atoms with E-state index in [2.05, 4.69) is 12.1 Å². The number of nitrogens with zero attached hydrogens (tertiary/aromatic N) is 1. The summed E-state index contributed by atoms with van der Waals surface area (Å²) in [6, 6.07) is 16.3. The van der Waals surface area contributed by atoms with E-state index in [1.165, 1.54) is 24.0 Å². The maximum atomic E-state index is 13.2. The van der Waals surface area contributed by atoms with Crippen LogP contribution in [0.1, 0.15) is 61.6 Å². The molecule has 0 unspecified atom stereocenters. The molecule has 6 rings (SSSR count). The standard InChI is InChI=1S/C29H33NO5/c31-27(21-9-10-21)35-19-34-23-12-11-22-16-26-24-8-4-5-13-29(24,25(22)17-23)14-15-30(26)28(32)33-18-20-6-2-1-3-7-20/h1-3,6-7,11-12,17,21,24,26H,4-5,8-10,13-16,18-19H2/t24-,26+,29+/m1/s1. The molecule has 1 heterocycles. The summed E-state index contributed by atoms with van der Waals surface area (Å²) in [5, 5.41) is 0. The number of hydrogen-bond acceptors (Lipinski definition) is 5. The number of carbonyl (C=O) groups excluding carboxylic acids is 2. The Labute approximate surface area is 206 Å². The van der Waals surface area contributed by atoms with Gasteiger partial charge in [-0.3, -0.25) is 4.79 Å². The summed E-state index contributed by atoms with van der Waals surface area (Å²) in [7, 11) is 0. The van der Waals surface area contributed by atoms with Crippen molar-refractivity contribution in [1.82, 2.24) is 4.90 Å². The largest absolute Gasteiger partial charge is 0.457 e. The Morgan fingerprint density at radius 1 is 0.971 bits per heavy atom. The van der Waals surface area contributed by atoms with Gasteiger partial charge in [-0.2, -0.15) is 0 Å². The minimum Gasteiger partial charge on any atom is -0.457 e. The minimum atomic E-state index is -0.195. The maximum absolute atomic E-state index is 13.2. The fourth-order valence-corrected chi connectivity index (χ4v) is 6.70. The number of fused-ring (bicyclic) bond motifs is 1. The van der Waals surface area contributed by atoms with E-state index in [1.54, 1.807) is 0 Å². The van der Waals surface area contributed by atoms with Crippen LogP contribution in [0.2, 0.25) is 0 Å². The predicted octanol–water partition coefficient (Wildman–Crippen LogP) is 5.37. The van der Waals surface area contributed by atoms with Crippen molar-refractivity contribution in [2.45, 2.75) is 69.4 Å². The van der Waals surface area contributed by atoms with Crippen LogP contribution >= 0.6 is 0 Å². The molecule has 35 heavy (non-hydrogen) atoms. The van der Waals surface area contributed by atoms with E-state index in [0.717, 1.165) is 56.4 Å². The zero-order chi connectivity index (χ0) is 23.8. The fraction of sp³-hybridized carbons (Fsp3) is 0.517. The lowest BCUT2D eigenvalue weighted by molar-refractivity contribution is -0.151. The molecular formula is C29H33NO5. The quantitative estimate of drug-likeness (QED) is 0.415. The lowest BCUT2D eigenvalue weighted by Crippen LogP contribution is -2.62. The van der Waals surface area contributed by atoms with Crippen LogP contribution < -0.4 is 4.74 Å².